The van der Waals surface area contributed by atoms with E-state index in [-0.39, 0.29) is 33.9 Å². The number of rotatable bonds is 12. The van der Waals surface area contributed by atoms with Gasteiger partial charge in [-0.05, 0) is 57.2 Å². The number of hydrogen-bond acceptors (Lipinski definition) is 24. The van der Waals surface area contributed by atoms with Gasteiger partial charge in [0.2, 0.25) is 17.8 Å². The largest absolute Gasteiger partial charge is 0.379 e. The van der Waals surface area contributed by atoms with Gasteiger partial charge >= 0.3 is 0 Å². The van der Waals surface area contributed by atoms with E-state index in [0.29, 0.717) is 115 Å². The van der Waals surface area contributed by atoms with Crippen molar-refractivity contribution >= 4 is 97.2 Å². The molecule has 12 heterocycles. The first-order valence-electron chi connectivity index (χ1n) is 29.9. The van der Waals surface area contributed by atoms with Gasteiger partial charge in [-0.25, -0.2) is 27.6 Å². The van der Waals surface area contributed by atoms with Gasteiger partial charge < -0.3 is 43.1 Å². The number of nitrogens with zero attached hydrogens (tertiary/aromatic N) is 18. The Morgan fingerprint density at radius 2 is 0.667 bits per heavy atom. The molecule has 6 saturated heterocycles. The van der Waals surface area contributed by atoms with E-state index in [4.69, 9.17) is 43.4 Å². The first-order chi connectivity index (χ1) is 43.5. The Balaban J connectivity index is 0.000000124. The second-order valence-electron chi connectivity index (χ2n) is 23.2. The SMILES string of the molecule is C[C@@H]1COCCN1c1cc(N=S(C)(=O)C2COC2)nc(-n2cnc3ccccc32)n1.C[C@@H]1COCCN1c1cc(N=[S@@](C)(=O)C2COC2)nc(-n2cnc3ccccc32)n1.C[C@@H]1COCCN1c1cc(N=[S@@](C)(=O)C2COC2)nc(-n2cnc3ccccc32)n1. The maximum Gasteiger partial charge on any atom is 0.239 e. The highest BCUT2D eigenvalue weighted by molar-refractivity contribution is 7.94. The molecule has 0 N–H and O–H groups in total. The number of morpholine rings is 3. The summed E-state index contributed by atoms with van der Waals surface area (Å²) in [7, 11) is -7.42. The molecule has 6 aliphatic heterocycles. The number of benzene rings is 3. The van der Waals surface area contributed by atoms with E-state index in [1.54, 1.807) is 37.7 Å². The molecule has 6 atom stereocenters. The molecule has 27 nitrogen and oxygen atoms in total. The first-order valence-corrected chi connectivity index (χ1v) is 35.8. The minimum atomic E-state index is -2.47. The van der Waals surface area contributed by atoms with Crippen molar-refractivity contribution in [2.45, 2.75) is 54.6 Å². The minimum Gasteiger partial charge on any atom is -0.379 e. The third kappa shape index (κ3) is 13.1. The molecule has 6 aromatic heterocycles. The van der Waals surface area contributed by atoms with Crippen LogP contribution in [0.5, 0.6) is 0 Å². The van der Waals surface area contributed by atoms with Crippen molar-refractivity contribution in [2.75, 3.05) is 132 Å². The fourth-order valence-corrected chi connectivity index (χ4v) is 14.8. The fourth-order valence-electron chi connectivity index (χ4n) is 10.9. The van der Waals surface area contributed by atoms with E-state index in [0.717, 1.165) is 70.2 Å². The Kier molecular flexibility index (Phi) is 17.6. The summed E-state index contributed by atoms with van der Waals surface area (Å²) >= 11 is 0. The average Bonchev–Trinajstić information content (AvgIpc) is 1.36. The number of imidazole rings is 3. The lowest BCUT2D eigenvalue weighted by atomic mass is 10.2. The zero-order valence-electron chi connectivity index (χ0n) is 50.9. The highest BCUT2D eigenvalue weighted by atomic mass is 32.2. The Labute approximate surface area is 522 Å². The molecule has 6 fully saturated rings. The van der Waals surface area contributed by atoms with Gasteiger partial charge in [-0.2, -0.15) is 43.0 Å². The van der Waals surface area contributed by atoms with E-state index >= 15 is 0 Å². The Morgan fingerprint density at radius 3 is 0.922 bits per heavy atom. The van der Waals surface area contributed by atoms with Crippen LogP contribution in [0.15, 0.2) is 123 Å². The van der Waals surface area contributed by atoms with Crippen LogP contribution in [0.2, 0.25) is 0 Å². The molecule has 474 valence electrons. The number of hydrogen-bond donors (Lipinski definition) is 0. The predicted molar refractivity (Wildman–Crippen MR) is 345 cm³/mol. The second-order valence-corrected chi connectivity index (χ2v) is 30.9. The summed E-state index contributed by atoms with van der Waals surface area (Å²) in [4.78, 5) is 48.2. The van der Waals surface area contributed by atoms with Crippen molar-refractivity contribution in [1.82, 2.24) is 58.6 Å². The maximum atomic E-state index is 13.1. The number of anilines is 3. The molecule has 0 aliphatic carbocycles. The lowest BCUT2D eigenvalue weighted by molar-refractivity contribution is 0.0430. The zero-order chi connectivity index (χ0) is 62.2. The topological polar surface area (TPSA) is 284 Å². The van der Waals surface area contributed by atoms with Crippen molar-refractivity contribution in [1.29, 1.82) is 0 Å². The lowest BCUT2D eigenvalue weighted by Crippen LogP contribution is -2.44. The number of aromatic nitrogens is 12. The van der Waals surface area contributed by atoms with Crippen molar-refractivity contribution in [2.24, 2.45) is 13.1 Å². The van der Waals surface area contributed by atoms with Gasteiger partial charge in [0.05, 0.1) is 175 Å². The summed E-state index contributed by atoms with van der Waals surface area (Å²) in [6, 6.07) is 29.4. The zero-order valence-corrected chi connectivity index (χ0v) is 53.4. The highest BCUT2D eigenvalue weighted by Crippen LogP contribution is 2.32. The lowest BCUT2D eigenvalue weighted by Gasteiger charge is -2.34. The van der Waals surface area contributed by atoms with Gasteiger partial charge in [0, 0.05) is 56.6 Å². The van der Waals surface area contributed by atoms with Crippen LogP contribution >= 0.6 is 0 Å². The Hall–Kier alpha value is -7.68. The van der Waals surface area contributed by atoms with E-state index in [1.165, 1.54) is 0 Å². The Morgan fingerprint density at radius 1 is 0.389 bits per heavy atom. The number of ether oxygens (including phenoxy) is 6. The van der Waals surface area contributed by atoms with E-state index in [9.17, 15) is 12.6 Å². The molecular formula is C60H72N18O9S3. The summed E-state index contributed by atoms with van der Waals surface area (Å²) < 4.78 is 91.0. The van der Waals surface area contributed by atoms with E-state index in [1.807, 2.05) is 105 Å². The molecule has 0 radical (unpaired) electrons. The van der Waals surface area contributed by atoms with Crippen LogP contribution in [0, 0.1) is 0 Å². The number of fused-ring (bicyclic) bond motifs is 3. The van der Waals surface area contributed by atoms with Crippen LogP contribution in [0.25, 0.3) is 50.9 Å². The quantitative estimate of drug-likeness (QED) is 0.126. The van der Waals surface area contributed by atoms with Crippen molar-refractivity contribution in [3.8, 4) is 17.8 Å². The van der Waals surface area contributed by atoms with Crippen LogP contribution in [0.1, 0.15) is 20.8 Å². The third-order valence-corrected chi connectivity index (χ3v) is 22.7. The molecule has 0 amide bonds. The van der Waals surface area contributed by atoms with E-state index < -0.39 is 29.2 Å². The molecule has 6 aliphatic rings. The monoisotopic (exact) mass is 1280 g/mol. The van der Waals surface area contributed by atoms with Gasteiger partial charge in [-0.15, -0.1) is 0 Å². The van der Waals surface area contributed by atoms with Crippen molar-refractivity contribution in [3.05, 3.63) is 110 Å². The van der Waals surface area contributed by atoms with Crippen LogP contribution < -0.4 is 14.7 Å². The number of para-hydroxylation sites is 6. The summed E-state index contributed by atoms with van der Waals surface area (Å²) in [5, 5.41) is -0.220. The Bertz CT molecular complexity index is 4040. The summed E-state index contributed by atoms with van der Waals surface area (Å²) in [6.07, 6.45) is 10.1. The van der Waals surface area contributed by atoms with Crippen LogP contribution in [-0.4, -0.2) is 223 Å². The highest BCUT2D eigenvalue weighted by Gasteiger charge is 2.32. The molecule has 1 unspecified atom stereocenters. The predicted octanol–water partition coefficient (Wildman–Crippen LogP) is 6.51. The molecule has 90 heavy (non-hydrogen) atoms. The molecule has 0 bridgehead atoms. The van der Waals surface area contributed by atoms with Gasteiger partial charge in [-0.1, -0.05) is 36.4 Å². The molecule has 3 aromatic carbocycles. The van der Waals surface area contributed by atoms with Crippen molar-refractivity contribution < 1.29 is 41.0 Å². The standard InChI is InChI=1S/3C20H24N6O3S/c3*1-14-10-28-8-7-25(14)19-9-18(24-30(2,27)15-11-29-12-15)22-20(23-19)26-13-21-16-5-3-4-6-17(16)26/h3*3-6,9,13-15H,7-8,10-12H2,1-2H3/t14-,30?;2*14-,30+/m111/s1. The van der Waals surface area contributed by atoms with Gasteiger partial charge in [0.1, 0.15) is 36.4 Å². The van der Waals surface area contributed by atoms with Gasteiger partial charge in [-0.3, -0.25) is 13.7 Å². The van der Waals surface area contributed by atoms with Gasteiger partial charge in [0.25, 0.3) is 0 Å². The van der Waals surface area contributed by atoms with Crippen LogP contribution in [-0.2, 0) is 57.6 Å². The first kappa shape index (κ1) is 61.2. The maximum absolute atomic E-state index is 13.1. The molecule has 0 saturated carbocycles. The molecule has 0 spiro atoms. The molecule has 30 heteroatoms. The fraction of sp³-hybridized carbons (Fsp3) is 0.450. The summed E-state index contributed by atoms with van der Waals surface area (Å²) in [6.45, 7) is 15.1. The summed E-state index contributed by atoms with van der Waals surface area (Å²) in [5.74, 6) is 4.82. The average molecular weight is 1290 g/mol. The molecule has 9 aromatic rings. The minimum absolute atomic E-state index is 0.0734. The summed E-state index contributed by atoms with van der Waals surface area (Å²) in [5.41, 5.74) is 5.28. The van der Waals surface area contributed by atoms with Crippen molar-refractivity contribution in [3.63, 3.8) is 0 Å². The normalized spacial score (nSPS) is 21.9. The third-order valence-electron chi connectivity index (χ3n) is 16.6. The molecule has 15 rings (SSSR count). The van der Waals surface area contributed by atoms with Crippen LogP contribution in [0.3, 0.4) is 0 Å². The second kappa shape index (κ2) is 25.9. The van der Waals surface area contributed by atoms with Gasteiger partial charge in [0.15, 0.2) is 17.5 Å². The van der Waals surface area contributed by atoms with Crippen LogP contribution in [0.4, 0.5) is 34.9 Å². The van der Waals surface area contributed by atoms with E-state index in [2.05, 4.69) is 78.5 Å². The smallest absolute Gasteiger partial charge is 0.239 e. The molecular weight excluding hydrogens is 1210 g/mol.